The van der Waals surface area contributed by atoms with Crippen molar-refractivity contribution in [2.45, 2.75) is 78.9 Å². The van der Waals surface area contributed by atoms with E-state index >= 15 is 0 Å². The van der Waals surface area contributed by atoms with Gasteiger partial charge in [0.2, 0.25) is 0 Å². The highest BCUT2D eigenvalue weighted by molar-refractivity contribution is 6.01. The van der Waals surface area contributed by atoms with Crippen molar-refractivity contribution in [1.29, 1.82) is 0 Å². The lowest BCUT2D eigenvalue weighted by atomic mass is 9.85. The third-order valence-electron chi connectivity index (χ3n) is 6.36. The fourth-order valence-electron chi connectivity index (χ4n) is 3.45. The van der Waals surface area contributed by atoms with Gasteiger partial charge >= 0.3 is 65.6 Å². The van der Waals surface area contributed by atoms with Crippen LogP contribution >= 0.6 is 0 Å². The number of carbonyl (C=O) groups is 3. The Bertz CT molecular complexity index is 1420. The first-order valence-corrected chi connectivity index (χ1v) is 11.8. The molecule has 1 aromatic carbocycles. The van der Waals surface area contributed by atoms with Gasteiger partial charge in [0.15, 0.2) is 0 Å². The molecule has 0 spiro atoms. The summed E-state index contributed by atoms with van der Waals surface area (Å²) in [7, 11) is 0. The van der Waals surface area contributed by atoms with Crippen LogP contribution in [0.4, 0.5) is 97.0 Å². The number of imide groups is 1. The van der Waals surface area contributed by atoms with Crippen LogP contribution in [-0.4, -0.2) is 76.6 Å². The third kappa shape index (κ3) is 5.92. The van der Waals surface area contributed by atoms with Gasteiger partial charge in [0.05, 0.1) is 0 Å². The van der Waals surface area contributed by atoms with Crippen LogP contribution in [0.25, 0.3) is 0 Å². The minimum Gasteiger partial charge on any atom is -0.428 e. The maximum atomic E-state index is 14.4. The molecule has 1 saturated heterocycles. The van der Waals surface area contributed by atoms with Gasteiger partial charge in [0.25, 0.3) is 11.8 Å². The van der Waals surface area contributed by atoms with Gasteiger partial charge in [-0.2, -0.15) is 92.2 Å². The van der Waals surface area contributed by atoms with Crippen molar-refractivity contribution in [3.63, 3.8) is 0 Å². The summed E-state index contributed by atoms with van der Waals surface area (Å²) < 4.78 is 289. The summed E-state index contributed by atoms with van der Waals surface area (Å²) in [6, 6.07) is -0.636. The van der Waals surface area contributed by atoms with E-state index in [2.05, 4.69) is 9.57 Å². The molecule has 1 heterocycles. The second kappa shape index (κ2) is 11.9. The number of benzene rings is 1. The molecule has 0 radical (unpaired) electrons. The van der Waals surface area contributed by atoms with Crippen molar-refractivity contribution in [3.05, 3.63) is 35.4 Å². The summed E-state index contributed by atoms with van der Waals surface area (Å²) in [6.07, 6.45) is -10.7. The first-order chi connectivity index (χ1) is 21.5. The zero-order valence-corrected chi connectivity index (χ0v) is 22.4. The molecule has 0 atom stereocenters. The molecule has 0 saturated carbocycles. The molecule has 1 aromatic rings. The number of amides is 2. The fraction of sp³-hybridized carbons (Fsp3) is 0.591. The predicted octanol–water partition coefficient (Wildman–Crippen LogP) is 8.14. The summed E-state index contributed by atoms with van der Waals surface area (Å²) in [6.45, 7) is -1.17. The first-order valence-electron chi connectivity index (χ1n) is 11.8. The summed E-state index contributed by atoms with van der Waals surface area (Å²) in [4.78, 5) is 38.4. The summed E-state index contributed by atoms with van der Waals surface area (Å²) in [5, 5.41) is -0.0755. The SMILES string of the molecule is O=C(OCc1ccc(C(F)(F)C(F)(F)C(F)(F)C(F)(F)C(F)(F)C(F)(F)C(F)(F)C(F)(F)C(F)(F)C(F)(F)F)cc1)ON1C(=O)CCC1=O. The lowest BCUT2D eigenvalue weighted by Gasteiger charge is -2.44. The standard InChI is InChI=1S/C22H10F21NO5/c23-13(24,9-3-1-8(2-4-9)7-48-12(47)49-44-10(45)5-6-11(44)46)14(25,26)15(27,28)16(29,30)17(31,32)18(33,34)19(35,36)20(37,38)21(39,40)22(41,42)43/h1-4H,5-7H2. The Morgan fingerprint density at radius 3 is 1.20 bits per heavy atom. The van der Waals surface area contributed by atoms with E-state index in [0.29, 0.717) is 0 Å². The molecule has 0 aromatic heterocycles. The van der Waals surface area contributed by atoms with Crippen molar-refractivity contribution in [2.24, 2.45) is 0 Å². The van der Waals surface area contributed by atoms with Crippen molar-refractivity contribution in [1.82, 2.24) is 5.06 Å². The lowest BCUT2D eigenvalue weighted by molar-refractivity contribution is -0.474. The smallest absolute Gasteiger partial charge is 0.428 e. The van der Waals surface area contributed by atoms with Gasteiger partial charge in [-0.1, -0.05) is 29.3 Å². The Hall–Kier alpha value is -3.84. The highest BCUT2D eigenvalue weighted by Crippen LogP contribution is 2.66. The Labute approximate surface area is 254 Å². The predicted molar refractivity (Wildman–Crippen MR) is 108 cm³/mol. The molecule has 0 aliphatic carbocycles. The number of rotatable bonds is 12. The molecule has 1 fully saturated rings. The van der Waals surface area contributed by atoms with Gasteiger partial charge in [-0.15, -0.1) is 0 Å². The average Bonchev–Trinajstić information content (AvgIpc) is 3.26. The van der Waals surface area contributed by atoms with Gasteiger partial charge < -0.3 is 4.74 Å². The van der Waals surface area contributed by atoms with E-state index in [-0.39, 0.29) is 17.2 Å². The van der Waals surface area contributed by atoms with Crippen LogP contribution < -0.4 is 0 Å². The number of nitrogens with zero attached hydrogens (tertiary/aromatic N) is 1. The maximum Gasteiger partial charge on any atom is 0.534 e. The van der Waals surface area contributed by atoms with E-state index in [1.165, 1.54) is 0 Å². The van der Waals surface area contributed by atoms with Gasteiger partial charge in [0.1, 0.15) is 6.61 Å². The molecule has 2 rings (SSSR count). The molecule has 280 valence electrons. The van der Waals surface area contributed by atoms with E-state index in [4.69, 9.17) is 0 Å². The Morgan fingerprint density at radius 2 is 0.857 bits per heavy atom. The normalized spacial score (nSPS) is 16.7. The van der Waals surface area contributed by atoms with E-state index in [1.807, 2.05) is 0 Å². The minimum atomic E-state index is -9.27. The molecule has 6 nitrogen and oxygen atoms in total. The fourth-order valence-corrected chi connectivity index (χ4v) is 3.45. The van der Waals surface area contributed by atoms with Gasteiger partial charge in [-0.3, -0.25) is 14.4 Å². The van der Waals surface area contributed by atoms with Crippen LogP contribution in [0.2, 0.25) is 0 Å². The number of alkyl halides is 21. The minimum absolute atomic E-state index is 0.0755. The largest absolute Gasteiger partial charge is 0.534 e. The number of ether oxygens (including phenoxy) is 1. The number of hydroxylamine groups is 2. The molecule has 27 heteroatoms. The van der Waals surface area contributed by atoms with E-state index in [0.717, 1.165) is 0 Å². The molecule has 2 amide bonds. The van der Waals surface area contributed by atoms with Crippen molar-refractivity contribution >= 4 is 18.0 Å². The second-order valence-electron chi connectivity index (χ2n) is 9.58. The zero-order chi connectivity index (χ0) is 38.8. The molecular weight excluding hydrogens is 757 g/mol. The van der Waals surface area contributed by atoms with Crippen LogP contribution in [0.5, 0.6) is 0 Å². The van der Waals surface area contributed by atoms with Gasteiger partial charge in [-0.05, 0) is 5.56 Å². The molecule has 0 N–H and O–H groups in total. The lowest BCUT2D eigenvalue weighted by Crippen LogP contribution is -2.76. The highest BCUT2D eigenvalue weighted by atomic mass is 19.4. The van der Waals surface area contributed by atoms with Crippen LogP contribution in [-0.2, 0) is 31.7 Å². The first kappa shape index (κ1) is 41.3. The molecule has 1 aliphatic heterocycles. The molecule has 0 unspecified atom stereocenters. The van der Waals surface area contributed by atoms with Crippen LogP contribution in [0.1, 0.15) is 24.0 Å². The maximum absolute atomic E-state index is 14.4. The molecular formula is C22H10F21NO5. The second-order valence-corrected chi connectivity index (χ2v) is 9.58. The molecule has 49 heavy (non-hydrogen) atoms. The van der Waals surface area contributed by atoms with E-state index in [1.54, 1.807) is 0 Å². The monoisotopic (exact) mass is 767 g/mol. The third-order valence-corrected chi connectivity index (χ3v) is 6.36. The van der Waals surface area contributed by atoms with E-state index < -0.39 is 120 Å². The highest BCUT2D eigenvalue weighted by Gasteiger charge is 2.97. The van der Waals surface area contributed by atoms with Crippen LogP contribution in [0, 0.1) is 0 Å². The zero-order valence-electron chi connectivity index (χ0n) is 22.4. The molecule has 0 bridgehead atoms. The summed E-state index contributed by atoms with van der Waals surface area (Å²) in [5.74, 6) is -80.2. The topological polar surface area (TPSA) is 72.9 Å². The van der Waals surface area contributed by atoms with Gasteiger partial charge in [-0.25, -0.2) is 4.79 Å². The Kier molecular flexibility index (Phi) is 10.0. The number of hydrogen-bond donors (Lipinski definition) is 0. The van der Waals surface area contributed by atoms with Crippen LogP contribution in [0.3, 0.4) is 0 Å². The van der Waals surface area contributed by atoms with Gasteiger partial charge in [0, 0.05) is 18.4 Å². The Balaban J connectivity index is 2.43. The van der Waals surface area contributed by atoms with Crippen molar-refractivity contribution < 1.29 is 116 Å². The number of carbonyl (C=O) groups excluding carboxylic acids is 3. The van der Waals surface area contributed by atoms with Crippen molar-refractivity contribution in [3.8, 4) is 0 Å². The summed E-state index contributed by atoms with van der Waals surface area (Å²) >= 11 is 0. The number of hydrogen-bond acceptors (Lipinski definition) is 5. The van der Waals surface area contributed by atoms with E-state index in [9.17, 15) is 107 Å². The number of halogens is 21. The van der Waals surface area contributed by atoms with Crippen LogP contribution in [0.15, 0.2) is 24.3 Å². The summed E-state index contributed by atoms with van der Waals surface area (Å²) in [5.41, 5.74) is -3.26. The Morgan fingerprint density at radius 1 is 0.531 bits per heavy atom. The quantitative estimate of drug-likeness (QED) is 0.122. The van der Waals surface area contributed by atoms with Crippen molar-refractivity contribution in [2.75, 3.05) is 0 Å². The average molecular weight is 767 g/mol. The molecule has 1 aliphatic rings.